The fourth-order valence-corrected chi connectivity index (χ4v) is 2.88. The normalized spacial score (nSPS) is 11.2. The molecule has 3 aromatic heterocycles. The van der Waals surface area contributed by atoms with Crippen molar-refractivity contribution in [2.45, 2.75) is 26.8 Å². The van der Waals surface area contributed by atoms with Crippen LogP contribution in [0.5, 0.6) is 0 Å². The third-order valence-corrected chi connectivity index (χ3v) is 4.21. The van der Waals surface area contributed by atoms with Crippen LogP contribution in [0.1, 0.15) is 28.7 Å². The molecule has 0 aliphatic carbocycles. The number of aryl methyl sites for hydroxylation is 1. The van der Waals surface area contributed by atoms with Gasteiger partial charge in [-0.05, 0) is 44.2 Å². The Labute approximate surface area is 149 Å². The molecule has 0 amide bonds. The third-order valence-electron chi connectivity index (χ3n) is 4.21. The molecule has 8 heteroatoms. The molecular formula is C18H17FN6O. The molecule has 0 atom stereocenters. The summed E-state index contributed by atoms with van der Waals surface area (Å²) < 4.78 is 22.0. The smallest absolute Gasteiger partial charge is 0.231 e. The van der Waals surface area contributed by atoms with E-state index in [1.54, 1.807) is 27.7 Å². The van der Waals surface area contributed by atoms with E-state index in [2.05, 4.69) is 20.3 Å². The molecule has 0 spiro atoms. The molecule has 0 radical (unpaired) electrons. The van der Waals surface area contributed by atoms with E-state index >= 15 is 0 Å². The Balaban J connectivity index is 1.57. The Morgan fingerprint density at radius 2 is 1.96 bits per heavy atom. The molecule has 7 nitrogen and oxygen atoms in total. The van der Waals surface area contributed by atoms with Crippen LogP contribution in [0, 0.1) is 19.7 Å². The molecule has 0 fully saturated rings. The van der Waals surface area contributed by atoms with Crippen LogP contribution in [0.25, 0.3) is 5.69 Å². The van der Waals surface area contributed by atoms with Crippen LogP contribution < -0.4 is 0 Å². The first-order chi connectivity index (χ1) is 12.6. The minimum Gasteiger partial charge on any atom is -0.339 e. The lowest BCUT2D eigenvalue weighted by Crippen LogP contribution is -2.02. The van der Waals surface area contributed by atoms with Crippen LogP contribution >= 0.6 is 0 Å². The van der Waals surface area contributed by atoms with Crippen molar-refractivity contribution in [2.24, 2.45) is 0 Å². The Kier molecular flexibility index (Phi) is 4.08. The zero-order valence-corrected chi connectivity index (χ0v) is 14.4. The summed E-state index contributed by atoms with van der Waals surface area (Å²) in [6, 6.07) is 8.09. The van der Waals surface area contributed by atoms with Gasteiger partial charge in [-0.25, -0.2) is 9.07 Å². The molecule has 26 heavy (non-hydrogen) atoms. The molecule has 0 saturated carbocycles. The molecule has 3 heterocycles. The molecule has 0 unspecified atom stereocenters. The van der Waals surface area contributed by atoms with Gasteiger partial charge < -0.3 is 4.52 Å². The molecule has 0 aliphatic heterocycles. The highest BCUT2D eigenvalue weighted by atomic mass is 19.1. The van der Waals surface area contributed by atoms with E-state index in [4.69, 9.17) is 4.52 Å². The second-order valence-corrected chi connectivity index (χ2v) is 6.02. The van der Waals surface area contributed by atoms with E-state index in [0.29, 0.717) is 24.7 Å². The van der Waals surface area contributed by atoms with E-state index in [1.165, 1.54) is 12.1 Å². The lowest BCUT2D eigenvalue weighted by molar-refractivity contribution is 0.377. The third kappa shape index (κ3) is 3.13. The Bertz CT molecular complexity index is 1020. The van der Waals surface area contributed by atoms with E-state index in [-0.39, 0.29) is 5.82 Å². The predicted molar refractivity (Wildman–Crippen MR) is 91.4 cm³/mol. The van der Waals surface area contributed by atoms with Gasteiger partial charge in [-0.1, -0.05) is 5.16 Å². The predicted octanol–water partition coefficient (Wildman–Crippen LogP) is 2.85. The minimum atomic E-state index is -0.272. The van der Waals surface area contributed by atoms with Crippen LogP contribution in [-0.2, 0) is 13.0 Å². The number of halogens is 1. The molecule has 0 N–H and O–H groups in total. The van der Waals surface area contributed by atoms with Gasteiger partial charge in [0.15, 0.2) is 5.82 Å². The zero-order chi connectivity index (χ0) is 18.1. The highest BCUT2D eigenvalue weighted by Crippen LogP contribution is 2.21. The highest BCUT2D eigenvalue weighted by Gasteiger charge is 2.17. The monoisotopic (exact) mass is 352 g/mol. The topological polar surface area (TPSA) is 74.6 Å². The quantitative estimate of drug-likeness (QED) is 0.552. The van der Waals surface area contributed by atoms with Crippen LogP contribution in [0.3, 0.4) is 0 Å². The maximum Gasteiger partial charge on any atom is 0.231 e. The summed E-state index contributed by atoms with van der Waals surface area (Å²) in [5.41, 5.74) is 3.66. The van der Waals surface area contributed by atoms with Gasteiger partial charge in [0.05, 0.1) is 17.8 Å². The molecule has 0 aliphatic rings. The van der Waals surface area contributed by atoms with Gasteiger partial charge in [0.25, 0.3) is 0 Å². The van der Waals surface area contributed by atoms with Crippen molar-refractivity contribution in [3.8, 4) is 5.69 Å². The number of rotatable bonds is 5. The van der Waals surface area contributed by atoms with Crippen molar-refractivity contribution in [3.63, 3.8) is 0 Å². The SMILES string of the molecule is Cc1nn(-c2ccc(F)cc2)c(C)c1Cc1nc(Cn2cccn2)no1. The second kappa shape index (κ2) is 6.55. The van der Waals surface area contributed by atoms with Crippen LogP contribution in [-0.4, -0.2) is 29.7 Å². The molecule has 4 rings (SSSR count). The summed E-state index contributed by atoms with van der Waals surface area (Å²) >= 11 is 0. The van der Waals surface area contributed by atoms with E-state index < -0.39 is 0 Å². The Morgan fingerprint density at radius 1 is 1.15 bits per heavy atom. The first-order valence-corrected chi connectivity index (χ1v) is 8.20. The van der Waals surface area contributed by atoms with Crippen molar-refractivity contribution in [2.75, 3.05) is 0 Å². The maximum atomic E-state index is 13.1. The Morgan fingerprint density at radius 3 is 2.69 bits per heavy atom. The first-order valence-electron chi connectivity index (χ1n) is 8.20. The molecule has 0 saturated heterocycles. The van der Waals surface area contributed by atoms with Crippen molar-refractivity contribution in [1.82, 2.24) is 29.7 Å². The second-order valence-electron chi connectivity index (χ2n) is 6.02. The van der Waals surface area contributed by atoms with Gasteiger partial charge in [-0.2, -0.15) is 15.2 Å². The zero-order valence-electron chi connectivity index (χ0n) is 14.4. The molecule has 4 aromatic rings. The summed E-state index contributed by atoms with van der Waals surface area (Å²) in [7, 11) is 0. The number of benzene rings is 1. The first kappa shape index (κ1) is 16.2. The summed E-state index contributed by atoms with van der Waals surface area (Å²) in [6.07, 6.45) is 4.04. The largest absolute Gasteiger partial charge is 0.339 e. The molecule has 0 bridgehead atoms. The standard InChI is InChI=1S/C18H17FN6O/c1-12-16(13(2)25(22-12)15-6-4-14(19)5-7-15)10-18-21-17(23-26-18)11-24-9-3-8-20-24/h3-9H,10-11H2,1-2H3. The summed E-state index contributed by atoms with van der Waals surface area (Å²) in [5.74, 6) is 0.827. The van der Waals surface area contributed by atoms with Gasteiger partial charge in [-0.3, -0.25) is 4.68 Å². The lowest BCUT2D eigenvalue weighted by atomic mass is 10.1. The van der Waals surface area contributed by atoms with Crippen LogP contribution in [0.4, 0.5) is 4.39 Å². The molecule has 132 valence electrons. The minimum absolute atomic E-state index is 0.272. The number of hydrogen-bond donors (Lipinski definition) is 0. The summed E-state index contributed by atoms with van der Waals surface area (Å²) in [5, 5.41) is 12.7. The van der Waals surface area contributed by atoms with E-state index in [0.717, 1.165) is 22.6 Å². The van der Waals surface area contributed by atoms with Gasteiger partial charge >= 0.3 is 0 Å². The number of hydrogen-bond acceptors (Lipinski definition) is 5. The lowest BCUT2D eigenvalue weighted by Gasteiger charge is -2.04. The maximum absolute atomic E-state index is 13.1. The Hall–Kier alpha value is -3.29. The van der Waals surface area contributed by atoms with Crippen molar-refractivity contribution in [3.05, 3.63) is 77.2 Å². The van der Waals surface area contributed by atoms with Gasteiger partial charge in [-0.15, -0.1) is 0 Å². The van der Waals surface area contributed by atoms with Crippen molar-refractivity contribution in [1.29, 1.82) is 0 Å². The molecular weight excluding hydrogens is 335 g/mol. The number of aromatic nitrogens is 6. The van der Waals surface area contributed by atoms with Gasteiger partial charge in [0, 0.05) is 23.7 Å². The average Bonchev–Trinajstić information content (AvgIpc) is 3.35. The van der Waals surface area contributed by atoms with Crippen molar-refractivity contribution >= 4 is 0 Å². The fraction of sp³-hybridized carbons (Fsp3) is 0.222. The van der Waals surface area contributed by atoms with Gasteiger partial charge in [0.1, 0.15) is 12.4 Å². The highest BCUT2D eigenvalue weighted by molar-refractivity contribution is 5.38. The van der Waals surface area contributed by atoms with Crippen LogP contribution in [0.2, 0.25) is 0 Å². The van der Waals surface area contributed by atoms with Crippen molar-refractivity contribution < 1.29 is 8.91 Å². The van der Waals surface area contributed by atoms with E-state index in [1.807, 2.05) is 26.1 Å². The number of nitrogens with zero attached hydrogens (tertiary/aromatic N) is 6. The molecule has 1 aromatic carbocycles. The van der Waals surface area contributed by atoms with E-state index in [9.17, 15) is 4.39 Å². The fourth-order valence-electron chi connectivity index (χ4n) is 2.88. The summed E-state index contributed by atoms with van der Waals surface area (Å²) in [4.78, 5) is 4.43. The average molecular weight is 352 g/mol. The van der Waals surface area contributed by atoms with Gasteiger partial charge in [0.2, 0.25) is 5.89 Å². The summed E-state index contributed by atoms with van der Waals surface area (Å²) in [6.45, 7) is 4.37. The van der Waals surface area contributed by atoms with Crippen LogP contribution in [0.15, 0.2) is 47.2 Å².